The molecule has 6 heteroatoms. The van der Waals surface area contributed by atoms with E-state index in [2.05, 4.69) is 11.9 Å². The highest BCUT2D eigenvalue weighted by Gasteiger charge is 2.28. The van der Waals surface area contributed by atoms with E-state index in [1.165, 1.54) is 10.4 Å². The van der Waals surface area contributed by atoms with Crippen LogP contribution in [0.4, 0.5) is 11.4 Å². The van der Waals surface area contributed by atoms with Crippen LogP contribution in [-0.2, 0) is 10.0 Å². The predicted octanol–water partition coefficient (Wildman–Crippen LogP) is 0.871. The van der Waals surface area contributed by atoms with Crippen LogP contribution >= 0.6 is 0 Å². The summed E-state index contributed by atoms with van der Waals surface area (Å²) >= 11 is 0. The number of hydrogen-bond donors (Lipinski definition) is 2. The van der Waals surface area contributed by atoms with Crippen LogP contribution in [0.15, 0.2) is 35.7 Å². The SMILES string of the molecule is C=CCN1CCNc2ccc(N)cc2S1(=O)=O. The number of nitrogens with zero attached hydrogens (tertiary/aromatic N) is 1. The van der Waals surface area contributed by atoms with Crippen LogP contribution in [0.2, 0.25) is 0 Å². The second-order valence-electron chi connectivity index (χ2n) is 3.83. The van der Waals surface area contributed by atoms with Gasteiger partial charge in [-0.05, 0) is 18.2 Å². The fourth-order valence-electron chi connectivity index (χ4n) is 1.81. The number of nitrogens with two attached hydrogens (primary N) is 1. The van der Waals surface area contributed by atoms with Gasteiger partial charge >= 0.3 is 0 Å². The van der Waals surface area contributed by atoms with Crippen molar-refractivity contribution in [1.82, 2.24) is 4.31 Å². The molecule has 0 saturated carbocycles. The van der Waals surface area contributed by atoms with Crippen molar-refractivity contribution in [1.29, 1.82) is 0 Å². The minimum Gasteiger partial charge on any atom is -0.399 e. The van der Waals surface area contributed by atoms with Crippen molar-refractivity contribution in [3.63, 3.8) is 0 Å². The fourth-order valence-corrected chi connectivity index (χ4v) is 3.42. The third-order valence-electron chi connectivity index (χ3n) is 2.63. The summed E-state index contributed by atoms with van der Waals surface area (Å²) < 4.78 is 26.1. The Bertz CT molecular complexity index is 540. The Morgan fingerprint density at radius 2 is 2.29 bits per heavy atom. The molecule has 0 amide bonds. The van der Waals surface area contributed by atoms with Gasteiger partial charge in [0.15, 0.2) is 0 Å². The first kappa shape index (κ1) is 11.9. The van der Waals surface area contributed by atoms with Crippen molar-refractivity contribution in [2.45, 2.75) is 4.90 Å². The molecule has 1 aromatic rings. The first-order chi connectivity index (χ1) is 8.05. The highest BCUT2D eigenvalue weighted by atomic mass is 32.2. The first-order valence-electron chi connectivity index (χ1n) is 5.30. The van der Waals surface area contributed by atoms with E-state index in [0.717, 1.165) is 0 Å². The van der Waals surface area contributed by atoms with Gasteiger partial charge in [-0.15, -0.1) is 6.58 Å². The molecular formula is C11H15N3O2S. The number of anilines is 2. The molecule has 0 aliphatic carbocycles. The number of benzene rings is 1. The number of nitrogens with one attached hydrogen (secondary N) is 1. The summed E-state index contributed by atoms with van der Waals surface area (Å²) in [6.07, 6.45) is 1.58. The van der Waals surface area contributed by atoms with Gasteiger partial charge in [0.25, 0.3) is 0 Å². The van der Waals surface area contributed by atoms with Crippen LogP contribution in [0.3, 0.4) is 0 Å². The van der Waals surface area contributed by atoms with Gasteiger partial charge in [-0.2, -0.15) is 4.31 Å². The van der Waals surface area contributed by atoms with Gasteiger partial charge in [0.2, 0.25) is 10.0 Å². The van der Waals surface area contributed by atoms with Crippen molar-refractivity contribution in [2.75, 3.05) is 30.7 Å². The Labute approximate surface area is 101 Å². The Morgan fingerprint density at radius 3 is 3.00 bits per heavy atom. The van der Waals surface area contributed by atoms with E-state index in [0.29, 0.717) is 31.0 Å². The molecule has 0 aromatic heterocycles. The maximum absolute atomic E-state index is 12.3. The van der Waals surface area contributed by atoms with E-state index in [-0.39, 0.29) is 4.90 Å². The van der Waals surface area contributed by atoms with Gasteiger partial charge in [0.1, 0.15) is 4.90 Å². The molecule has 0 atom stereocenters. The first-order valence-corrected chi connectivity index (χ1v) is 6.74. The van der Waals surface area contributed by atoms with Crippen LogP contribution in [0.25, 0.3) is 0 Å². The van der Waals surface area contributed by atoms with Gasteiger partial charge in [-0.1, -0.05) is 6.08 Å². The van der Waals surface area contributed by atoms with E-state index >= 15 is 0 Å². The zero-order valence-corrected chi connectivity index (χ0v) is 10.2. The molecule has 3 N–H and O–H groups in total. The molecule has 1 heterocycles. The zero-order chi connectivity index (χ0) is 12.5. The average molecular weight is 253 g/mol. The van der Waals surface area contributed by atoms with E-state index < -0.39 is 10.0 Å². The highest BCUT2D eigenvalue weighted by Crippen LogP contribution is 2.28. The van der Waals surface area contributed by atoms with Crippen molar-refractivity contribution in [3.05, 3.63) is 30.9 Å². The highest BCUT2D eigenvalue weighted by molar-refractivity contribution is 7.89. The minimum absolute atomic E-state index is 0.233. The van der Waals surface area contributed by atoms with Crippen LogP contribution < -0.4 is 11.1 Å². The van der Waals surface area contributed by atoms with Gasteiger partial charge in [0.05, 0.1) is 5.69 Å². The van der Waals surface area contributed by atoms with Gasteiger partial charge in [0, 0.05) is 25.3 Å². The van der Waals surface area contributed by atoms with Gasteiger partial charge in [-0.3, -0.25) is 0 Å². The molecule has 17 heavy (non-hydrogen) atoms. The number of nitrogen functional groups attached to an aromatic ring is 1. The summed E-state index contributed by atoms with van der Waals surface area (Å²) in [5.41, 5.74) is 6.68. The lowest BCUT2D eigenvalue weighted by atomic mass is 10.3. The smallest absolute Gasteiger partial charge is 0.245 e. The molecule has 0 fully saturated rings. The molecule has 1 aromatic carbocycles. The molecule has 1 aliphatic heterocycles. The second kappa shape index (κ2) is 4.38. The maximum atomic E-state index is 12.3. The van der Waals surface area contributed by atoms with Crippen LogP contribution in [-0.4, -0.2) is 32.4 Å². The molecule has 0 unspecified atom stereocenters. The average Bonchev–Trinajstić information content (AvgIpc) is 2.39. The molecule has 0 radical (unpaired) electrons. The molecule has 2 rings (SSSR count). The second-order valence-corrected chi connectivity index (χ2v) is 5.74. The van der Waals surface area contributed by atoms with Crippen molar-refractivity contribution < 1.29 is 8.42 Å². The number of sulfonamides is 1. The lowest BCUT2D eigenvalue weighted by Gasteiger charge is -2.17. The topological polar surface area (TPSA) is 75.4 Å². The largest absolute Gasteiger partial charge is 0.399 e. The van der Waals surface area contributed by atoms with Crippen molar-refractivity contribution in [2.24, 2.45) is 0 Å². The third-order valence-corrected chi connectivity index (χ3v) is 4.54. The van der Waals surface area contributed by atoms with E-state index in [9.17, 15) is 8.42 Å². The summed E-state index contributed by atoms with van der Waals surface area (Å²) in [6, 6.07) is 4.86. The molecule has 0 bridgehead atoms. The normalized spacial score (nSPS) is 18.8. The monoisotopic (exact) mass is 253 g/mol. The van der Waals surface area contributed by atoms with Crippen molar-refractivity contribution >= 4 is 21.4 Å². The molecule has 0 saturated heterocycles. The maximum Gasteiger partial charge on any atom is 0.245 e. The Kier molecular flexibility index (Phi) is 3.08. The number of hydrogen-bond acceptors (Lipinski definition) is 4. The van der Waals surface area contributed by atoms with E-state index in [4.69, 9.17) is 5.73 Å². The third kappa shape index (κ3) is 2.13. The number of rotatable bonds is 2. The molecule has 5 nitrogen and oxygen atoms in total. The zero-order valence-electron chi connectivity index (χ0n) is 9.39. The predicted molar refractivity (Wildman–Crippen MR) is 68.3 cm³/mol. The van der Waals surface area contributed by atoms with Crippen molar-refractivity contribution in [3.8, 4) is 0 Å². The van der Waals surface area contributed by atoms with Crippen LogP contribution in [0, 0.1) is 0 Å². The lowest BCUT2D eigenvalue weighted by Crippen LogP contribution is -2.32. The Balaban J connectivity index is 2.56. The fraction of sp³-hybridized carbons (Fsp3) is 0.273. The minimum atomic E-state index is -3.48. The summed E-state index contributed by atoms with van der Waals surface area (Å²) in [4.78, 5) is 0.233. The van der Waals surface area contributed by atoms with E-state index in [1.54, 1.807) is 18.2 Å². The molecule has 1 aliphatic rings. The summed E-state index contributed by atoms with van der Waals surface area (Å²) in [5, 5.41) is 3.09. The molecule has 92 valence electrons. The summed E-state index contributed by atoms with van der Waals surface area (Å²) in [6.45, 7) is 4.87. The van der Waals surface area contributed by atoms with Gasteiger partial charge in [-0.25, -0.2) is 8.42 Å². The van der Waals surface area contributed by atoms with Crippen LogP contribution in [0.1, 0.15) is 0 Å². The summed E-state index contributed by atoms with van der Waals surface area (Å²) in [7, 11) is -3.48. The number of fused-ring (bicyclic) bond motifs is 1. The Hall–Kier alpha value is -1.53. The van der Waals surface area contributed by atoms with E-state index in [1.807, 2.05) is 0 Å². The Morgan fingerprint density at radius 1 is 1.53 bits per heavy atom. The summed E-state index contributed by atoms with van der Waals surface area (Å²) in [5.74, 6) is 0. The quantitative estimate of drug-likeness (QED) is 0.606. The lowest BCUT2D eigenvalue weighted by molar-refractivity contribution is 0.458. The molecular weight excluding hydrogens is 238 g/mol. The van der Waals surface area contributed by atoms with Gasteiger partial charge < -0.3 is 11.1 Å². The standard InChI is InChI=1S/C11H15N3O2S/c1-2-6-14-7-5-13-10-4-3-9(12)8-11(10)17(14,15)16/h2-4,8,13H,1,5-7,12H2. The van der Waals surface area contributed by atoms with Crippen LogP contribution in [0.5, 0.6) is 0 Å². The molecule has 0 spiro atoms.